The SMILES string of the molecule is CC(C)(C)CC1(C(=O)Oc2ccc(-c3ccc(O)cc3)cc2)CC1(C)C. The van der Waals surface area contributed by atoms with E-state index in [2.05, 4.69) is 34.6 Å². The highest BCUT2D eigenvalue weighted by Crippen LogP contribution is 2.68. The van der Waals surface area contributed by atoms with E-state index in [1.807, 2.05) is 36.4 Å². The Hall–Kier alpha value is -2.29. The summed E-state index contributed by atoms with van der Waals surface area (Å²) >= 11 is 0. The van der Waals surface area contributed by atoms with Gasteiger partial charge >= 0.3 is 5.97 Å². The Balaban J connectivity index is 1.74. The van der Waals surface area contributed by atoms with Gasteiger partial charge in [0.2, 0.25) is 0 Å². The van der Waals surface area contributed by atoms with Gasteiger partial charge in [0, 0.05) is 0 Å². The molecule has 0 bridgehead atoms. The van der Waals surface area contributed by atoms with Gasteiger partial charge in [-0.05, 0) is 59.1 Å². The molecule has 26 heavy (non-hydrogen) atoms. The van der Waals surface area contributed by atoms with Crippen molar-refractivity contribution in [2.45, 2.75) is 47.5 Å². The van der Waals surface area contributed by atoms with Crippen LogP contribution in [0.3, 0.4) is 0 Å². The predicted molar refractivity (Wildman–Crippen MR) is 104 cm³/mol. The second-order valence-electron chi connectivity index (χ2n) is 9.34. The lowest BCUT2D eigenvalue weighted by molar-refractivity contribution is -0.143. The van der Waals surface area contributed by atoms with Gasteiger partial charge in [-0.25, -0.2) is 0 Å². The van der Waals surface area contributed by atoms with Crippen LogP contribution in [0.2, 0.25) is 0 Å². The molecule has 0 amide bonds. The van der Waals surface area contributed by atoms with Crippen molar-refractivity contribution >= 4 is 5.97 Å². The standard InChI is InChI=1S/C23H28O3/c1-21(2,3)14-23(15-22(23,4)5)20(25)26-19-12-8-17(9-13-19)16-6-10-18(24)11-7-16/h6-13,24H,14-15H2,1-5H3. The first-order chi connectivity index (χ1) is 12.0. The van der Waals surface area contributed by atoms with Crippen LogP contribution in [0.5, 0.6) is 11.5 Å². The number of benzene rings is 2. The zero-order chi connectivity index (χ0) is 19.2. The van der Waals surface area contributed by atoms with Gasteiger partial charge < -0.3 is 9.84 Å². The number of ether oxygens (including phenoxy) is 1. The molecule has 0 aromatic heterocycles. The van der Waals surface area contributed by atoms with E-state index in [1.165, 1.54) is 0 Å². The van der Waals surface area contributed by atoms with Crippen LogP contribution in [0.4, 0.5) is 0 Å². The van der Waals surface area contributed by atoms with E-state index in [9.17, 15) is 9.90 Å². The van der Waals surface area contributed by atoms with Crippen molar-refractivity contribution in [1.82, 2.24) is 0 Å². The van der Waals surface area contributed by atoms with E-state index in [4.69, 9.17) is 4.74 Å². The lowest BCUT2D eigenvalue weighted by Crippen LogP contribution is -2.30. The van der Waals surface area contributed by atoms with Crippen LogP contribution in [0.25, 0.3) is 11.1 Å². The number of carbonyl (C=O) groups excluding carboxylic acids is 1. The van der Waals surface area contributed by atoms with Crippen LogP contribution in [0, 0.1) is 16.2 Å². The average Bonchev–Trinajstić information content (AvgIpc) is 3.09. The number of hydrogen-bond acceptors (Lipinski definition) is 3. The van der Waals surface area contributed by atoms with Crippen LogP contribution >= 0.6 is 0 Å². The minimum atomic E-state index is -0.388. The van der Waals surface area contributed by atoms with E-state index in [0.29, 0.717) is 5.75 Å². The number of hydrogen-bond donors (Lipinski definition) is 1. The van der Waals surface area contributed by atoms with Gasteiger partial charge in [-0.1, -0.05) is 58.9 Å². The number of aromatic hydroxyl groups is 1. The first-order valence-electron chi connectivity index (χ1n) is 9.14. The van der Waals surface area contributed by atoms with Gasteiger partial charge in [-0.15, -0.1) is 0 Å². The highest BCUT2D eigenvalue weighted by molar-refractivity contribution is 5.84. The van der Waals surface area contributed by atoms with Crippen LogP contribution in [-0.2, 0) is 4.79 Å². The van der Waals surface area contributed by atoms with Gasteiger partial charge in [-0.2, -0.15) is 0 Å². The molecule has 1 saturated carbocycles. The summed E-state index contributed by atoms with van der Waals surface area (Å²) in [6.45, 7) is 10.8. The fraction of sp³-hybridized carbons (Fsp3) is 0.435. The third-order valence-electron chi connectivity index (χ3n) is 5.40. The monoisotopic (exact) mass is 352 g/mol. The number of carbonyl (C=O) groups is 1. The number of esters is 1. The van der Waals surface area contributed by atoms with Gasteiger partial charge in [0.25, 0.3) is 0 Å². The van der Waals surface area contributed by atoms with Crippen molar-refractivity contribution in [3.8, 4) is 22.6 Å². The molecule has 3 rings (SSSR count). The summed E-state index contributed by atoms with van der Waals surface area (Å²) in [7, 11) is 0. The quantitative estimate of drug-likeness (QED) is 0.557. The molecule has 0 heterocycles. The number of rotatable bonds is 4. The van der Waals surface area contributed by atoms with Crippen molar-refractivity contribution in [1.29, 1.82) is 0 Å². The molecule has 1 atom stereocenters. The topological polar surface area (TPSA) is 46.5 Å². The predicted octanol–water partition coefficient (Wildman–Crippen LogP) is 5.82. The summed E-state index contributed by atoms with van der Waals surface area (Å²) in [5.41, 5.74) is 1.70. The molecular weight excluding hydrogens is 324 g/mol. The van der Waals surface area contributed by atoms with Gasteiger partial charge in [-0.3, -0.25) is 4.79 Å². The lowest BCUT2D eigenvalue weighted by Gasteiger charge is -2.27. The first-order valence-corrected chi connectivity index (χ1v) is 9.14. The molecule has 1 unspecified atom stereocenters. The molecular formula is C23H28O3. The van der Waals surface area contributed by atoms with Gasteiger partial charge in [0.1, 0.15) is 11.5 Å². The van der Waals surface area contributed by atoms with Crippen molar-refractivity contribution in [3.63, 3.8) is 0 Å². The van der Waals surface area contributed by atoms with Gasteiger partial charge in [0.15, 0.2) is 0 Å². The highest BCUT2D eigenvalue weighted by atomic mass is 16.5. The molecule has 0 spiro atoms. The average molecular weight is 352 g/mol. The lowest BCUT2D eigenvalue weighted by atomic mass is 9.79. The maximum absolute atomic E-state index is 12.9. The minimum absolute atomic E-state index is 0.0106. The Morgan fingerprint density at radius 3 is 1.88 bits per heavy atom. The van der Waals surface area contributed by atoms with E-state index in [0.717, 1.165) is 24.0 Å². The maximum atomic E-state index is 12.9. The summed E-state index contributed by atoms with van der Waals surface area (Å²) in [6.07, 6.45) is 1.71. The van der Waals surface area contributed by atoms with E-state index in [-0.39, 0.29) is 28.0 Å². The number of phenols is 1. The summed E-state index contributed by atoms with van der Waals surface area (Å²) in [4.78, 5) is 12.9. The molecule has 138 valence electrons. The molecule has 1 fully saturated rings. The zero-order valence-electron chi connectivity index (χ0n) is 16.3. The maximum Gasteiger partial charge on any atom is 0.318 e. The second-order valence-corrected chi connectivity index (χ2v) is 9.34. The Morgan fingerprint density at radius 2 is 1.46 bits per heavy atom. The van der Waals surface area contributed by atoms with Crippen molar-refractivity contribution in [2.24, 2.45) is 16.2 Å². The Kier molecular flexibility index (Phi) is 4.38. The van der Waals surface area contributed by atoms with E-state index >= 15 is 0 Å². The highest BCUT2D eigenvalue weighted by Gasteiger charge is 2.68. The van der Waals surface area contributed by atoms with Gasteiger partial charge in [0.05, 0.1) is 5.41 Å². The largest absolute Gasteiger partial charge is 0.508 e. The van der Waals surface area contributed by atoms with Crippen LogP contribution < -0.4 is 4.74 Å². The molecule has 1 N–H and O–H groups in total. The van der Waals surface area contributed by atoms with Crippen LogP contribution in [-0.4, -0.2) is 11.1 Å². The third kappa shape index (κ3) is 3.62. The van der Waals surface area contributed by atoms with Crippen molar-refractivity contribution in [2.75, 3.05) is 0 Å². The summed E-state index contributed by atoms with van der Waals surface area (Å²) in [6, 6.07) is 14.6. The van der Waals surface area contributed by atoms with Crippen LogP contribution in [0.15, 0.2) is 48.5 Å². The second kappa shape index (κ2) is 6.15. The van der Waals surface area contributed by atoms with Crippen LogP contribution in [0.1, 0.15) is 47.5 Å². The molecule has 3 nitrogen and oxygen atoms in total. The molecule has 3 heteroatoms. The molecule has 0 saturated heterocycles. The molecule has 1 aliphatic carbocycles. The Morgan fingerprint density at radius 1 is 1.00 bits per heavy atom. The number of phenolic OH excluding ortho intramolecular Hbond substituents is 1. The normalized spacial score (nSPS) is 21.3. The Bertz CT molecular complexity index is 795. The molecule has 2 aromatic carbocycles. The van der Waals surface area contributed by atoms with E-state index < -0.39 is 0 Å². The molecule has 0 radical (unpaired) electrons. The molecule has 0 aliphatic heterocycles. The van der Waals surface area contributed by atoms with E-state index in [1.54, 1.807) is 12.1 Å². The minimum Gasteiger partial charge on any atom is -0.508 e. The summed E-state index contributed by atoms with van der Waals surface area (Å²) < 4.78 is 5.75. The third-order valence-corrected chi connectivity index (χ3v) is 5.40. The smallest absolute Gasteiger partial charge is 0.318 e. The fourth-order valence-corrected chi connectivity index (χ4v) is 3.91. The molecule has 1 aliphatic rings. The fourth-order valence-electron chi connectivity index (χ4n) is 3.91. The Labute approximate surface area is 156 Å². The van der Waals surface area contributed by atoms with Crippen molar-refractivity contribution in [3.05, 3.63) is 48.5 Å². The summed E-state index contributed by atoms with van der Waals surface area (Å²) in [5.74, 6) is 0.707. The zero-order valence-corrected chi connectivity index (χ0v) is 16.3. The summed E-state index contributed by atoms with van der Waals surface area (Å²) in [5, 5.41) is 9.39. The van der Waals surface area contributed by atoms with Crippen molar-refractivity contribution < 1.29 is 14.6 Å². The molecule has 2 aromatic rings. The first kappa shape index (κ1) is 18.5.